The first-order chi connectivity index (χ1) is 17.0. The van der Waals surface area contributed by atoms with E-state index < -0.39 is 10.0 Å². The van der Waals surface area contributed by atoms with E-state index in [1.807, 2.05) is 77.7 Å². The van der Waals surface area contributed by atoms with Crippen molar-refractivity contribution in [1.82, 2.24) is 4.98 Å². The van der Waals surface area contributed by atoms with Crippen LogP contribution in [0.5, 0.6) is 11.5 Å². The van der Waals surface area contributed by atoms with E-state index in [0.717, 1.165) is 22.6 Å². The van der Waals surface area contributed by atoms with Crippen LogP contribution in [0, 0.1) is 0 Å². The number of rotatable bonds is 6. The van der Waals surface area contributed by atoms with Gasteiger partial charge in [0.2, 0.25) is 0 Å². The third kappa shape index (κ3) is 4.28. The van der Waals surface area contributed by atoms with Gasteiger partial charge in [0.1, 0.15) is 16.4 Å². The van der Waals surface area contributed by atoms with Crippen LogP contribution in [-0.4, -0.2) is 27.6 Å². The topological polar surface area (TPSA) is 72.0 Å². The summed E-state index contributed by atoms with van der Waals surface area (Å²) in [4.78, 5) is 6.65. The Morgan fingerprint density at radius 3 is 1.89 bits per heavy atom. The van der Waals surface area contributed by atoms with Gasteiger partial charge in [0.15, 0.2) is 5.82 Å². The molecule has 1 aliphatic heterocycles. The summed E-state index contributed by atoms with van der Waals surface area (Å²) in [6.45, 7) is 0.616. The molecule has 35 heavy (non-hydrogen) atoms. The molecule has 0 atom stereocenters. The van der Waals surface area contributed by atoms with Crippen molar-refractivity contribution in [1.29, 1.82) is 0 Å². The third-order valence-electron chi connectivity index (χ3n) is 6.00. The molecule has 178 valence electrons. The molecule has 0 spiro atoms. The van der Waals surface area contributed by atoms with Gasteiger partial charge in [-0.15, -0.1) is 0 Å². The second kappa shape index (κ2) is 9.31. The van der Waals surface area contributed by atoms with Gasteiger partial charge in [-0.3, -0.25) is 4.31 Å². The van der Waals surface area contributed by atoms with Crippen LogP contribution in [0.4, 0.5) is 17.2 Å². The zero-order valence-electron chi connectivity index (χ0n) is 19.5. The maximum Gasteiger partial charge on any atom is 0.268 e. The van der Waals surface area contributed by atoms with Crippen LogP contribution in [-0.2, 0) is 23.1 Å². The van der Waals surface area contributed by atoms with Gasteiger partial charge in [-0.1, -0.05) is 36.4 Å². The molecule has 0 saturated carbocycles. The summed E-state index contributed by atoms with van der Waals surface area (Å²) in [5, 5.41) is 0. The fourth-order valence-corrected chi connectivity index (χ4v) is 5.81. The molecule has 0 aliphatic carbocycles. The van der Waals surface area contributed by atoms with Gasteiger partial charge in [0.25, 0.3) is 10.0 Å². The number of fused-ring (bicyclic) bond motifs is 2. The Hall–Kier alpha value is -4.04. The van der Waals surface area contributed by atoms with Crippen LogP contribution in [0.25, 0.3) is 0 Å². The highest BCUT2D eigenvalue weighted by Gasteiger charge is 2.36. The summed E-state index contributed by atoms with van der Waals surface area (Å²) < 4.78 is 40.0. The van der Waals surface area contributed by atoms with E-state index in [-0.39, 0.29) is 11.4 Å². The van der Waals surface area contributed by atoms with Crippen LogP contribution in [0.1, 0.15) is 11.1 Å². The number of para-hydroxylation sites is 2. The van der Waals surface area contributed by atoms with Crippen molar-refractivity contribution in [2.45, 2.75) is 18.0 Å². The molecule has 3 aromatic carbocycles. The van der Waals surface area contributed by atoms with Gasteiger partial charge >= 0.3 is 0 Å². The molecule has 0 amide bonds. The highest BCUT2D eigenvalue weighted by Crippen LogP contribution is 2.44. The maximum absolute atomic E-state index is 14.0. The van der Waals surface area contributed by atoms with Crippen molar-refractivity contribution in [3.63, 3.8) is 0 Å². The monoisotopic (exact) mass is 487 g/mol. The van der Waals surface area contributed by atoms with Crippen LogP contribution in [0.15, 0.2) is 96.0 Å². The normalized spacial score (nSPS) is 14.0. The zero-order valence-corrected chi connectivity index (χ0v) is 20.3. The summed E-state index contributed by atoms with van der Waals surface area (Å²) in [5.41, 5.74) is 3.20. The fourth-order valence-electron chi connectivity index (χ4n) is 4.19. The van der Waals surface area contributed by atoms with Gasteiger partial charge in [-0.05, 0) is 59.7 Å². The number of ether oxygens (including phenoxy) is 2. The second-order valence-corrected chi connectivity index (χ2v) is 9.94. The molecular formula is C27H25N3O4S. The summed E-state index contributed by atoms with van der Waals surface area (Å²) in [5.74, 6) is 1.87. The quantitative estimate of drug-likeness (QED) is 0.375. The summed E-state index contributed by atoms with van der Waals surface area (Å²) in [6.07, 6.45) is 1.62. The van der Waals surface area contributed by atoms with E-state index in [1.54, 1.807) is 32.5 Å². The van der Waals surface area contributed by atoms with Crippen molar-refractivity contribution in [3.8, 4) is 11.5 Å². The molecule has 0 radical (unpaired) electrons. The zero-order chi connectivity index (χ0) is 24.4. The minimum absolute atomic E-state index is 0.165. The van der Waals surface area contributed by atoms with E-state index in [4.69, 9.17) is 9.47 Å². The summed E-state index contributed by atoms with van der Waals surface area (Å²) >= 11 is 0. The van der Waals surface area contributed by atoms with Crippen molar-refractivity contribution < 1.29 is 17.9 Å². The molecule has 0 N–H and O–H groups in total. The maximum atomic E-state index is 14.0. The van der Waals surface area contributed by atoms with Crippen LogP contribution in [0.3, 0.4) is 0 Å². The van der Waals surface area contributed by atoms with Gasteiger partial charge in [-0.2, -0.15) is 0 Å². The SMILES string of the molecule is COc1ccc(CN2c3ccccc3N(Cc3ccc(OC)cc3)S(=O)(=O)c3cccnc32)cc1. The highest BCUT2D eigenvalue weighted by atomic mass is 32.2. The molecule has 5 rings (SSSR count). The molecule has 8 heteroatoms. The molecule has 1 aliphatic rings. The van der Waals surface area contributed by atoms with E-state index in [2.05, 4.69) is 4.98 Å². The largest absolute Gasteiger partial charge is 0.497 e. The van der Waals surface area contributed by atoms with Crippen LogP contribution in [0.2, 0.25) is 0 Å². The van der Waals surface area contributed by atoms with Crippen molar-refractivity contribution >= 4 is 27.2 Å². The molecule has 0 bridgehead atoms. The Balaban J connectivity index is 1.65. The molecule has 0 unspecified atom stereocenters. The predicted octanol–water partition coefficient (Wildman–Crippen LogP) is 5.15. The summed E-state index contributed by atoms with van der Waals surface area (Å²) in [7, 11) is -0.674. The Labute approximate surface area is 205 Å². The van der Waals surface area contributed by atoms with E-state index in [1.165, 1.54) is 4.31 Å². The first kappa shape index (κ1) is 22.7. The number of anilines is 3. The number of pyridine rings is 1. The fraction of sp³-hybridized carbons (Fsp3) is 0.148. The molecule has 7 nitrogen and oxygen atoms in total. The van der Waals surface area contributed by atoms with Crippen molar-refractivity contribution in [3.05, 3.63) is 102 Å². The van der Waals surface area contributed by atoms with Crippen molar-refractivity contribution in [2.24, 2.45) is 0 Å². The second-order valence-electron chi connectivity index (χ2n) is 8.11. The molecule has 0 fully saturated rings. The molecular weight excluding hydrogens is 462 g/mol. The number of hydrogen-bond acceptors (Lipinski definition) is 6. The highest BCUT2D eigenvalue weighted by molar-refractivity contribution is 7.93. The number of benzene rings is 3. The van der Waals surface area contributed by atoms with Gasteiger partial charge in [0, 0.05) is 12.7 Å². The standard InChI is InChI=1S/C27H25N3O4S/c1-33-22-13-9-20(10-14-22)18-29-24-6-3-4-7-25(24)30(19-21-11-15-23(34-2)16-12-21)35(31,32)26-8-5-17-28-27(26)29/h3-17H,18-19H2,1-2H3. The smallest absolute Gasteiger partial charge is 0.268 e. The Morgan fingerprint density at radius 2 is 1.29 bits per heavy atom. The number of aromatic nitrogens is 1. The van der Waals surface area contributed by atoms with Crippen molar-refractivity contribution in [2.75, 3.05) is 23.4 Å². The molecule has 0 saturated heterocycles. The van der Waals surface area contributed by atoms with E-state index >= 15 is 0 Å². The third-order valence-corrected chi connectivity index (χ3v) is 7.78. The lowest BCUT2D eigenvalue weighted by Gasteiger charge is -2.27. The minimum atomic E-state index is -3.90. The van der Waals surface area contributed by atoms with Gasteiger partial charge in [0.05, 0.1) is 32.1 Å². The molecule has 4 aromatic rings. The first-order valence-corrected chi connectivity index (χ1v) is 12.6. The number of methoxy groups -OCH3 is 2. The lowest BCUT2D eigenvalue weighted by molar-refractivity contribution is 0.414. The van der Waals surface area contributed by atoms with Gasteiger partial charge in [-0.25, -0.2) is 13.4 Å². The number of hydrogen-bond donors (Lipinski definition) is 0. The van der Waals surface area contributed by atoms with Gasteiger partial charge < -0.3 is 14.4 Å². The molecule has 2 heterocycles. The van der Waals surface area contributed by atoms with Crippen LogP contribution >= 0.6 is 0 Å². The van der Waals surface area contributed by atoms with Crippen LogP contribution < -0.4 is 18.7 Å². The van der Waals surface area contributed by atoms with E-state index in [0.29, 0.717) is 23.8 Å². The lowest BCUT2D eigenvalue weighted by Crippen LogP contribution is -2.30. The molecule has 1 aromatic heterocycles. The minimum Gasteiger partial charge on any atom is -0.497 e. The average molecular weight is 488 g/mol. The number of nitrogens with zero attached hydrogens (tertiary/aromatic N) is 3. The summed E-state index contributed by atoms with van der Waals surface area (Å²) in [6, 6.07) is 25.9. The first-order valence-electron chi connectivity index (χ1n) is 11.1. The Morgan fingerprint density at radius 1 is 0.714 bits per heavy atom. The predicted molar refractivity (Wildman–Crippen MR) is 136 cm³/mol. The average Bonchev–Trinajstić information content (AvgIpc) is 2.97. The Bertz CT molecular complexity index is 1440. The Kier molecular flexibility index (Phi) is 6.05. The van der Waals surface area contributed by atoms with E-state index in [9.17, 15) is 8.42 Å². The lowest BCUT2D eigenvalue weighted by atomic mass is 10.1. The number of sulfonamides is 1.